The van der Waals surface area contributed by atoms with E-state index in [1.54, 1.807) is 6.26 Å². The molecule has 6 nitrogen and oxygen atoms in total. The van der Waals surface area contributed by atoms with Crippen molar-refractivity contribution in [2.24, 2.45) is 5.73 Å². The zero-order chi connectivity index (χ0) is 11.2. The van der Waals surface area contributed by atoms with E-state index in [-0.39, 0.29) is 13.0 Å². The first-order chi connectivity index (χ1) is 6.41. The predicted octanol–water partition coefficient (Wildman–Crippen LogP) is -0.972. The van der Waals surface area contributed by atoms with E-state index < -0.39 is 21.4 Å². The third kappa shape index (κ3) is 5.43. The Morgan fingerprint density at radius 2 is 2.21 bits per heavy atom. The summed E-state index contributed by atoms with van der Waals surface area (Å²) in [6.45, 7) is -0.300. The molecule has 0 aliphatic carbocycles. The van der Waals surface area contributed by atoms with Gasteiger partial charge in [-0.1, -0.05) is 0 Å². The largest absolute Gasteiger partial charge is 0.336 e. The lowest BCUT2D eigenvalue weighted by atomic mass is 10.4. The summed E-state index contributed by atoms with van der Waals surface area (Å²) < 4.78 is 30.3. The first kappa shape index (κ1) is 13.7. The molecule has 0 aliphatic heterocycles. The van der Waals surface area contributed by atoms with E-state index in [0.29, 0.717) is 5.75 Å². The van der Waals surface area contributed by atoms with Crippen molar-refractivity contribution in [3.8, 4) is 0 Å². The number of nitrogens with two attached hydrogens (primary N) is 1. The average Bonchev–Trinajstić information content (AvgIpc) is 2.09. The first-order valence-electron chi connectivity index (χ1n) is 3.86. The number of hydrogen-bond donors (Lipinski definition) is 3. The van der Waals surface area contributed by atoms with Gasteiger partial charge in [-0.3, -0.25) is 9.35 Å². The fourth-order valence-electron chi connectivity index (χ4n) is 0.759. The Hall–Kier alpha value is -0.310. The molecule has 8 heteroatoms. The molecule has 0 aliphatic rings. The summed E-state index contributed by atoms with van der Waals surface area (Å²) in [5, 5.41) is 0.868. The van der Waals surface area contributed by atoms with Crippen LogP contribution in [0.25, 0.3) is 0 Å². The number of amides is 1. The molecule has 0 heterocycles. The second-order valence-corrected chi connectivity index (χ2v) is 5.14. The number of carbonyl (C=O) groups excluding carboxylic acids is 1. The van der Waals surface area contributed by atoms with Crippen LogP contribution in [0.1, 0.15) is 6.42 Å². The van der Waals surface area contributed by atoms with Crippen LogP contribution in [0.2, 0.25) is 0 Å². The van der Waals surface area contributed by atoms with Gasteiger partial charge in [-0.05, 0) is 18.4 Å². The molecular formula is C6H14N2O4S2. The van der Waals surface area contributed by atoms with Crippen LogP contribution in [0.3, 0.4) is 0 Å². The highest BCUT2D eigenvalue weighted by Gasteiger charge is 2.23. The van der Waals surface area contributed by atoms with Crippen LogP contribution in [0.4, 0.5) is 0 Å². The molecule has 0 aromatic carbocycles. The second-order valence-electron chi connectivity index (χ2n) is 2.56. The molecule has 14 heavy (non-hydrogen) atoms. The number of thioether (sulfide) groups is 1. The van der Waals surface area contributed by atoms with Crippen LogP contribution in [0, 0.1) is 0 Å². The van der Waals surface area contributed by atoms with Gasteiger partial charge < -0.3 is 11.1 Å². The van der Waals surface area contributed by atoms with Crippen molar-refractivity contribution in [3.05, 3.63) is 0 Å². The zero-order valence-electron chi connectivity index (χ0n) is 7.76. The second kappa shape index (κ2) is 6.23. The number of hydrogen-bond acceptors (Lipinski definition) is 5. The standard InChI is InChI=1S/C6H14N2O4S2/c1-13-3-2-6(14(10,11)12)8-5(9)4-7/h6H,2-4,7H2,1H3,(H,8,9)(H,10,11,12). The molecule has 84 valence electrons. The van der Waals surface area contributed by atoms with E-state index in [1.807, 2.05) is 0 Å². The van der Waals surface area contributed by atoms with Crippen molar-refractivity contribution in [1.29, 1.82) is 0 Å². The zero-order valence-corrected chi connectivity index (χ0v) is 9.40. The van der Waals surface area contributed by atoms with Crippen LogP contribution in [0.5, 0.6) is 0 Å². The summed E-state index contributed by atoms with van der Waals surface area (Å²) in [4.78, 5) is 10.8. The molecule has 1 amide bonds. The minimum atomic E-state index is -4.24. The highest BCUT2D eigenvalue weighted by Crippen LogP contribution is 2.05. The van der Waals surface area contributed by atoms with Crippen LogP contribution >= 0.6 is 11.8 Å². The van der Waals surface area contributed by atoms with Gasteiger partial charge in [0.2, 0.25) is 5.91 Å². The molecule has 0 aromatic heterocycles. The van der Waals surface area contributed by atoms with Gasteiger partial charge in [-0.15, -0.1) is 0 Å². The lowest BCUT2D eigenvalue weighted by molar-refractivity contribution is -0.120. The maximum atomic E-state index is 10.8. The number of rotatable bonds is 6. The van der Waals surface area contributed by atoms with Crippen molar-refractivity contribution < 1.29 is 17.8 Å². The lowest BCUT2D eigenvalue weighted by Gasteiger charge is -2.14. The van der Waals surface area contributed by atoms with Gasteiger partial charge in [0.05, 0.1) is 6.54 Å². The fraction of sp³-hybridized carbons (Fsp3) is 0.833. The van der Waals surface area contributed by atoms with Crippen LogP contribution in [-0.4, -0.2) is 42.8 Å². The van der Waals surface area contributed by atoms with Crippen LogP contribution in [-0.2, 0) is 14.9 Å². The van der Waals surface area contributed by atoms with Gasteiger partial charge in [-0.2, -0.15) is 20.2 Å². The van der Waals surface area contributed by atoms with Crippen LogP contribution < -0.4 is 11.1 Å². The van der Waals surface area contributed by atoms with Crippen molar-refractivity contribution >= 4 is 27.8 Å². The Balaban J connectivity index is 4.34. The van der Waals surface area contributed by atoms with Crippen molar-refractivity contribution in [2.45, 2.75) is 11.8 Å². The summed E-state index contributed by atoms with van der Waals surface area (Å²) in [5.41, 5.74) is 5.00. The number of nitrogens with one attached hydrogen (secondary N) is 1. The summed E-state index contributed by atoms with van der Waals surface area (Å²) in [6, 6.07) is 0. The van der Waals surface area contributed by atoms with E-state index in [0.717, 1.165) is 0 Å². The molecular weight excluding hydrogens is 228 g/mol. The minimum absolute atomic E-state index is 0.158. The van der Waals surface area contributed by atoms with E-state index in [9.17, 15) is 13.2 Å². The van der Waals surface area contributed by atoms with E-state index in [4.69, 9.17) is 10.3 Å². The fourth-order valence-corrected chi connectivity index (χ4v) is 2.08. The van der Waals surface area contributed by atoms with Crippen molar-refractivity contribution in [1.82, 2.24) is 5.32 Å². The quantitative estimate of drug-likeness (QED) is 0.517. The first-order valence-corrected chi connectivity index (χ1v) is 6.76. The highest BCUT2D eigenvalue weighted by atomic mass is 32.2. The van der Waals surface area contributed by atoms with E-state index in [2.05, 4.69) is 5.32 Å². The van der Waals surface area contributed by atoms with Gasteiger partial charge in [0.1, 0.15) is 0 Å². The monoisotopic (exact) mass is 242 g/mol. The minimum Gasteiger partial charge on any atom is -0.336 e. The van der Waals surface area contributed by atoms with Crippen molar-refractivity contribution in [2.75, 3.05) is 18.6 Å². The molecule has 1 unspecified atom stereocenters. The SMILES string of the molecule is CSCCC(NC(=O)CN)S(=O)(=O)O. The topological polar surface area (TPSA) is 109 Å². The van der Waals surface area contributed by atoms with Crippen molar-refractivity contribution in [3.63, 3.8) is 0 Å². The highest BCUT2D eigenvalue weighted by molar-refractivity contribution is 7.98. The Labute approximate surface area is 87.4 Å². The maximum absolute atomic E-state index is 10.8. The smallest absolute Gasteiger partial charge is 0.286 e. The summed E-state index contributed by atoms with van der Waals surface area (Å²) in [5.74, 6) is -0.0799. The number of carbonyl (C=O) groups is 1. The van der Waals surface area contributed by atoms with Crippen LogP contribution in [0.15, 0.2) is 0 Å². The Bertz CT molecular complexity index is 278. The molecule has 0 saturated heterocycles. The Morgan fingerprint density at radius 3 is 2.57 bits per heavy atom. The summed E-state index contributed by atoms with van der Waals surface area (Å²) in [7, 11) is -4.24. The molecule has 0 radical (unpaired) electrons. The maximum Gasteiger partial charge on any atom is 0.286 e. The molecule has 1 atom stereocenters. The third-order valence-electron chi connectivity index (χ3n) is 1.45. The molecule has 0 rings (SSSR count). The molecule has 0 saturated carbocycles. The van der Waals surface area contributed by atoms with Gasteiger partial charge in [0.25, 0.3) is 10.1 Å². The lowest BCUT2D eigenvalue weighted by Crippen LogP contribution is -2.43. The third-order valence-corrected chi connectivity index (χ3v) is 3.17. The van der Waals surface area contributed by atoms with Gasteiger partial charge in [0, 0.05) is 0 Å². The molecule has 0 spiro atoms. The molecule has 0 aromatic rings. The molecule has 0 bridgehead atoms. The molecule has 0 fully saturated rings. The Kier molecular flexibility index (Phi) is 6.09. The van der Waals surface area contributed by atoms with Gasteiger partial charge in [0.15, 0.2) is 5.37 Å². The average molecular weight is 242 g/mol. The van der Waals surface area contributed by atoms with Gasteiger partial charge >= 0.3 is 0 Å². The summed E-state index contributed by atoms with van der Waals surface area (Å²) in [6.07, 6.45) is 1.96. The summed E-state index contributed by atoms with van der Waals surface area (Å²) >= 11 is 1.42. The molecule has 4 N–H and O–H groups in total. The Morgan fingerprint density at radius 1 is 1.64 bits per heavy atom. The van der Waals surface area contributed by atoms with E-state index >= 15 is 0 Å². The van der Waals surface area contributed by atoms with E-state index in [1.165, 1.54) is 11.8 Å². The van der Waals surface area contributed by atoms with Gasteiger partial charge in [-0.25, -0.2) is 0 Å². The predicted molar refractivity (Wildman–Crippen MR) is 55.5 cm³/mol. The normalized spacial score (nSPS) is 13.6.